The van der Waals surface area contributed by atoms with Gasteiger partial charge < -0.3 is 9.84 Å². The highest BCUT2D eigenvalue weighted by atomic mass is 16.5. The van der Waals surface area contributed by atoms with Gasteiger partial charge in [-0.15, -0.1) is 0 Å². The number of aromatic nitrogens is 3. The van der Waals surface area contributed by atoms with Crippen molar-refractivity contribution in [3.05, 3.63) is 42.0 Å². The molecule has 5 nitrogen and oxygen atoms in total. The first kappa shape index (κ1) is 14.5. The molecule has 5 heteroatoms. The van der Waals surface area contributed by atoms with Crippen LogP contribution in [0.2, 0.25) is 0 Å². The van der Waals surface area contributed by atoms with Crippen LogP contribution in [-0.4, -0.2) is 19.9 Å². The lowest BCUT2D eigenvalue weighted by atomic mass is 10.1. The van der Waals surface area contributed by atoms with Crippen molar-refractivity contribution >= 4 is 0 Å². The first-order valence-electron chi connectivity index (χ1n) is 6.91. The summed E-state index contributed by atoms with van der Waals surface area (Å²) in [4.78, 5) is 4.20. The highest BCUT2D eigenvalue weighted by Gasteiger charge is 2.09. The van der Waals surface area contributed by atoms with Crippen molar-refractivity contribution in [2.75, 3.05) is 0 Å². The monoisotopic (exact) mass is 275 g/mol. The van der Waals surface area contributed by atoms with Gasteiger partial charge in [-0.25, -0.2) is 9.67 Å². The minimum absolute atomic E-state index is 0.262. The summed E-state index contributed by atoms with van der Waals surface area (Å²) in [5.74, 6) is 1.56. The van der Waals surface area contributed by atoms with E-state index in [-0.39, 0.29) is 6.04 Å². The van der Waals surface area contributed by atoms with Gasteiger partial charge in [-0.1, -0.05) is 19.1 Å². The molecule has 20 heavy (non-hydrogen) atoms. The number of aliphatic hydroxyl groups excluding tert-OH is 1. The predicted molar refractivity (Wildman–Crippen MR) is 76.4 cm³/mol. The second-order valence-electron chi connectivity index (χ2n) is 5.00. The Labute approximate surface area is 119 Å². The van der Waals surface area contributed by atoms with Crippen LogP contribution in [0.3, 0.4) is 0 Å². The van der Waals surface area contributed by atoms with Gasteiger partial charge in [0.1, 0.15) is 18.7 Å². The maximum atomic E-state index is 9.74. The van der Waals surface area contributed by atoms with Crippen molar-refractivity contribution in [1.29, 1.82) is 0 Å². The molecule has 0 radical (unpaired) electrons. The van der Waals surface area contributed by atoms with Crippen LogP contribution < -0.4 is 4.74 Å². The van der Waals surface area contributed by atoms with Crippen molar-refractivity contribution in [3.63, 3.8) is 0 Å². The van der Waals surface area contributed by atoms with Gasteiger partial charge in [-0.2, -0.15) is 5.10 Å². The molecule has 0 aliphatic carbocycles. The SMILES string of the molecule is CC[C@@H](O)c1ccc(OCc2ncnn2C(C)C)cc1. The molecule has 0 bridgehead atoms. The topological polar surface area (TPSA) is 60.2 Å². The fraction of sp³-hybridized carbons (Fsp3) is 0.467. The summed E-state index contributed by atoms with van der Waals surface area (Å²) >= 11 is 0. The minimum atomic E-state index is -0.409. The zero-order chi connectivity index (χ0) is 14.5. The number of hydrogen-bond acceptors (Lipinski definition) is 4. The molecule has 0 amide bonds. The number of aliphatic hydroxyl groups is 1. The summed E-state index contributed by atoms with van der Waals surface area (Å²) in [5, 5.41) is 13.9. The minimum Gasteiger partial charge on any atom is -0.486 e. The van der Waals surface area contributed by atoms with Crippen molar-refractivity contribution in [1.82, 2.24) is 14.8 Å². The molecule has 0 fully saturated rings. The zero-order valence-electron chi connectivity index (χ0n) is 12.2. The Morgan fingerprint density at radius 3 is 2.55 bits per heavy atom. The summed E-state index contributed by atoms with van der Waals surface area (Å²) in [5.41, 5.74) is 0.908. The van der Waals surface area contributed by atoms with Gasteiger partial charge in [0.2, 0.25) is 0 Å². The third-order valence-corrected chi connectivity index (χ3v) is 3.16. The summed E-state index contributed by atoms with van der Waals surface area (Å²) in [7, 11) is 0. The molecule has 108 valence electrons. The van der Waals surface area contributed by atoms with E-state index in [0.29, 0.717) is 13.0 Å². The molecule has 1 N–H and O–H groups in total. The molecule has 2 rings (SSSR count). The molecule has 0 saturated carbocycles. The van der Waals surface area contributed by atoms with Crippen LogP contribution in [-0.2, 0) is 6.61 Å². The lowest BCUT2D eigenvalue weighted by Crippen LogP contribution is -2.10. The highest BCUT2D eigenvalue weighted by Crippen LogP contribution is 2.20. The van der Waals surface area contributed by atoms with E-state index in [1.807, 2.05) is 35.9 Å². The van der Waals surface area contributed by atoms with Crippen molar-refractivity contribution in [3.8, 4) is 5.75 Å². The Hall–Kier alpha value is -1.88. The molecular formula is C15H21N3O2. The second kappa shape index (κ2) is 6.52. The van der Waals surface area contributed by atoms with E-state index in [9.17, 15) is 5.11 Å². The molecular weight excluding hydrogens is 254 g/mol. The summed E-state index contributed by atoms with van der Waals surface area (Å²) in [6, 6.07) is 7.76. The number of benzene rings is 1. The van der Waals surface area contributed by atoms with Crippen LogP contribution >= 0.6 is 0 Å². The Kier molecular flexibility index (Phi) is 4.74. The van der Waals surface area contributed by atoms with Crippen molar-refractivity contribution in [2.45, 2.75) is 45.9 Å². The third kappa shape index (κ3) is 3.36. The number of rotatable bonds is 6. The van der Waals surface area contributed by atoms with E-state index < -0.39 is 6.10 Å². The van der Waals surface area contributed by atoms with Gasteiger partial charge in [-0.3, -0.25) is 0 Å². The number of ether oxygens (including phenoxy) is 1. The van der Waals surface area contributed by atoms with Gasteiger partial charge >= 0.3 is 0 Å². The molecule has 0 aliphatic heterocycles. The van der Waals surface area contributed by atoms with Crippen molar-refractivity contribution < 1.29 is 9.84 Å². The van der Waals surface area contributed by atoms with Gasteiger partial charge in [0.25, 0.3) is 0 Å². The van der Waals surface area contributed by atoms with E-state index in [2.05, 4.69) is 23.9 Å². The van der Waals surface area contributed by atoms with E-state index in [1.54, 1.807) is 6.33 Å². The second-order valence-corrected chi connectivity index (χ2v) is 5.00. The zero-order valence-corrected chi connectivity index (χ0v) is 12.2. The fourth-order valence-corrected chi connectivity index (χ4v) is 1.98. The third-order valence-electron chi connectivity index (χ3n) is 3.16. The van der Waals surface area contributed by atoms with Crippen LogP contribution in [0.5, 0.6) is 5.75 Å². The van der Waals surface area contributed by atoms with E-state index in [4.69, 9.17) is 4.74 Å². The van der Waals surface area contributed by atoms with Crippen molar-refractivity contribution in [2.24, 2.45) is 0 Å². The van der Waals surface area contributed by atoms with E-state index in [1.165, 1.54) is 0 Å². The van der Waals surface area contributed by atoms with Crippen LogP contribution in [0.1, 0.15) is 50.7 Å². The molecule has 0 aliphatic rings. The average molecular weight is 275 g/mol. The fourth-order valence-electron chi connectivity index (χ4n) is 1.98. The van der Waals surface area contributed by atoms with E-state index >= 15 is 0 Å². The molecule has 1 aromatic carbocycles. The van der Waals surface area contributed by atoms with Crippen LogP contribution in [0, 0.1) is 0 Å². The molecule has 1 atom stereocenters. The van der Waals surface area contributed by atoms with Crippen LogP contribution in [0.4, 0.5) is 0 Å². The standard InChI is InChI=1S/C15H21N3O2/c1-4-14(19)12-5-7-13(8-6-12)20-9-15-16-10-17-18(15)11(2)3/h5-8,10-11,14,19H,4,9H2,1-3H3/t14-/m1/s1. The number of nitrogens with zero attached hydrogens (tertiary/aromatic N) is 3. The Morgan fingerprint density at radius 1 is 1.25 bits per heavy atom. The quantitative estimate of drug-likeness (QED) is 0.880. The molecule has 2 aromatic rings. The van der Waals surface area contributed by atoms with Gasteiger partial charge in [0, 0.05) is 6.04 Å². The normalized spacial score (nSPS) is 12.7. The van der Waals surface area contributed by atoms with E-state index in [0.717, 1.165) is 17.1 Å². The molecule has 0 unspecified atom stereocenters. The Balaban J connectivity index is 1.99. The first-order chi connectivity index (χ1) is 9.61. The highest BCUT2D eigenvalue weighted by molar-refractivity contribution is 5.28. The van der Waals surface area contributed by atoms with Crippen LogP contribution in [0.15, 0.2) is 30.6 Å². The lowest BCUT2D eigenvalue weighted by molar-refractivity contribution is 0.173. The molecule has 0 spiro atoms. The first-order valence-corrected chi connectivity index (χ1v) is 6.91. The Morgan fingerprint density at radius 2 is 1.95 bits per heavy atom. The summed E-state index contributed by atoms with van der Waals surface area (Å²) < 4.78 is 7.55. The van der Waals surface area contributed by atoms with Gasteiger partial charge in [-0.05, 0) is 38.0 Å². The van der Waals surface area contributed by atoms with Gasteiger partial charge in [0.05, 0.1) is 6.10 Å². The summed E-state index contributed by atoms with van der Waals surface area (Å²) in [6.45, 7) is 6.44. The molecule has 0 saturated heterocycles. The summed E-state index contributed by atoms with van der Waals surface area (Å²) in [6.07, 6.45) is 1.84. The lowest BCUT2D eigenvalue weighted by Gasteiger charge is -2.12. The maximum Gasteiger partial charge on any atom is 0.165 e. The Bertz CT molecular complexity index is 534. The van der Waals surface area contributed by atoms with Crippen LogP contribution in [0.25, 0.3) is 0 Å². The molecule has 1 aromatic heterocycles. The smallest absolute Gasteiger partial charge is 0.165 e. The molecule has 1 heterocycles. The number of hydrogen-bond donors (Lipinski definition) is 1. The predicted octanol–water partition coefficient (Wildman–Crippen LogP) is 2.88. The average Bonchev–Trinajstić information content (AvgIpc) is 2.93. The largest absolute Gasteiger partial charge is 0.486 e. The maximum absolute atomic E-state index is 9.74. The van der Waals surface area contributed by atoms with Gasteiger partial charge in [0.15, 0.2) is 5.82 Å².